The van der Waals surface area contributed by atoms with Gasteiger partial charge in [0, 0.05) is 24.3 Å². The highest BCUT2D eigenvalue weighted by molar-refractivity contribution is 5.39. The minimum atomic E-state index is -0.0265. The topological polar surface area (TPSA) is 37.0 Å². The molecule has 3 heteroatoms. The van der Waals surface area contributed by atoms with Crippen LogP contribution in [0.3, 0.4) is 0 Å². The highest BCUT2D eigenvalue weighted by Gasteiger charge is 2.21. The van der Waals surface area contributed by atoms with Crippen molar-refractivity contribution in [3.05, 3.63) is 23.9 Å². The average Bonchev–Trinajstić information content (AvgIpc) is 2.16. The molecule has 0 unspecified atom stereocenters. The standard InChI is InChI=1S/C13H23N3/c1-6-14-12-9-11(7-8-15-12)13(4,5)16-10(2)3/h7-10,16H,6H2,1-5H3,(H,14,15). The van der Waals surface area contributed by atoms with Crippen LogP contribution in [0.5, 0.6) is 0 Å². The van der Waals surface area contributed by atoms with E-state index in [1.54, 1.807) is 0 Å². The van der Waals surface area contributed by atoms with Gasteiger partial charge in [-0.1, -0.05) is 13.8 Å². The Morgan fingerprint density at radius 1 is 1.38 bits per heavy atom. The lowest BCUT2D eigenvalue weighted by Gasteiger charge is -2.29. The fourth-order valence-corrected chi connectivity index (χ4v) is 1.90. The Morgan fingerprint density at radius 3 is 2.62 bits per heavy atom. The van der Waals surface area contributed by atoms with Gasteiger partial charge in [0.15, 0.2) is 0 Å². The molecular weight excluding hydrogens is 198 g/mol. The van der Waals surface area contributed by atoms with Crippen molar-refractivity contribution in [2.75, 3.05) is 11.9 Å². The molecule has 1 rings (SSSR count). The summed E-state index contributed by atoms with van der Waals surface area (Å²) in [6.07, 6.45) is 1.86. The summed E-state index contributed by atoms with van der Waals surface area (Å²) in [6.45, 7) is 11.7. The molecule has 1 aromatic heterocycles. The minimum Gasteiger partial charge on any atom is -0.370 e. The maximum Gasteiger partial charge on any atom is 0.126 e. The summed E-state index contributed by atoms with van der Waals surface area (Å²) in [5.41, 5.74) is 1.23. The summed E-state index contributed by atoms with van der Waals surface area (Å²) in [5.74, 6) is 0.943. The van der Waals surface area contributed by atoms with E-state index in [2.05, 4.69) is 62.4 Å². The van der Waals surface area contributed by atoms with Crippen LogP contribution in [0.4, 0.5) is 5.82 Å². The smallest absolute Gasteiger partial charge is 0.126 e. The number of nitrogens with one attached hydrogen (secondary N) is 2. The van der Waals surface area contributed by atoms with E-state index in [1.807, 2.05) is 6.20 Å². The van der Waals surface area contributed by atoms with Gasteiger partial charge in [0.25, 0.3) is 0 Å². The van der Waals surface area contributed by atoms with Gasteiger partial charge in [-0.05, 0) is 38.5 Å². The molecule has 0 amide bonds. The number of nitrogens with zero attached hydrogens (tertiary/aromatic N) is 1. The summed E-state index contributed by atoms with van der Waals surface area (Å²) in [5, 5.41) is 6.78. The fourth-order valence-electron chi connectivity index (χ4n) is 1.90. The molecule has 2 N–H and O–H groups in total. The van der Waals surface area contributed by atoms with Crippen molar-refractivity contribution in [2.45, 2.75) is 46.2 Å². The summed E-state index contributed by atoms with van der Waals surface area (Å²) in [7, 11) is 0. The number of rotatable bonds is 5. The molecule has 0 aliphatic heterocycles. The predicted octanol–water partition coefficient (Wildman–Crippen LogP) is 2.75. The second-order valence-electron chi connectivity index (χ2n) is 4.88. The third kappa shape index (κ3) is 3.49. The molecule has 90 valence electrons. The van der Waals surface area contributed by atoms with Crippen molar-refractivity contribution in [1.82, 2.24) is 10.3 Å². The van der Waals surface area contributed by atoms with Crippen molar-refractivity contribution in [1.29, 1.82) is 0 Å². The number of aromatic nitrogens is 1. The van der Waals surface area contributed by atoms with Crippen LogP contribution >= 0.6 is 0 Å². The van der Waals surface area contributed by atoms with Crippen molar-refractivity contribution in [3.63, 3.8) is 0 Å². The molecule has 0 atom stereocenters. The Morgan fingerprint density at radius 2 is 2.06 bits per heavy atom. The summed E-state index contributed by atoms with van der Waals surface area (Å²) in [6, 6.07) is 4.64. The van der Waals surface area contributed by atoms with Crippen LogP contribution in [-0.4, -0.2) is 17.6 Å². The van der Waals surface area contributed by atoms with Crippen LogP contribution in [0.25, 0.3) is 0 Å². The van der Waals surface area contributed by atoms with E-state index in [9.17, 15) is 0 Å². The molecule has 0 fully saturated rings. The van der Waals surface area contributed by atoms with E-state index in [1.165, 1.54) is 5.56 Å². The maximum absolute atomic E-state index is 4.28. The Hall–Kier alpha value is -1.09. The number of anilines is 1. The Labute approximate surface area is 98.7 Å². The van der Waals surface area contributed by atoms with Crippen molar-refractivity contribution in [2.24, 2.45) is 0 Å². The van der Waals surface area contributed by atoms with Gasteiger partial charge in [-0.25, -0.2) is 4.98 Å². The monoisotopic (exact) mass is 221 g/mol. The average molecular weight is 221 g/mol. The number of hydrogen-bond acceptors (Lipinski definition) is 3. The third-order valence-corrected chi connectivity index (χ3v) is 2.49. The molecule has 0 saturated carbocycles. The van der Waals surface area contributed by atoms with Crippen molar-refractivity contribution < 1.29 is 0 Å². The molecule has 0 radical (unpaired) electrons. The lowest BCUT2D eigenvalue weighted by atomic mass is 9.94. The van der Waals surface area contributed by atoms with Gasteiger partial charge in [0.05, 0.1) is 0 Å². The number of pyridine rings is 1. The third-order valence-electron chi connectivity index (χ3n) is 2.49. The zero-order valence-corrected chi connectivity index (χ0v) is 11.0. The molecule has 3 nitrogen and oxygen atoms in total. The lowest BCUT2D eigenvalue weighted by molar-refractivity contribution is 0.365. The Bertz CT molecular complexity index is 332. The molecule has 1 aromatic rings. The highest BCUT2D eigenvalue weighted by atomic mass is 15.0. The fraction of sp³-hybridized carbons (Fsp3) is 0.615. The molecule has 0 aliphatic rings. The van der Waals surface area contributed by atoms with E-state index in [0.29, 0.717) is 6.04 Å². The van der Waals surface area contributed by atoms with Gasteiger partial charge >= 0.3 is 0 Å². The Balaban J connectivity index is 2.89. The molecule has 1 heterocycles. The molecule has 0 aromatic carbocycles. The van der Waals surface area contributed by atoms with Gasteiger partial charge in [0.1, 0.15) is 5.82 Å². The van der Waals surface area contributed by atoms with Crippen molar-refractivity contribution in [3.8, 4) is 0 Å². The summed E-state index contributed by atoms with van der Waals surface area (Å²) >= 11 is 0. The van der Waals surface area contributed by atoms with E-state index in [0.717, 1.165) is 12.4 Å². The largest absolute Gasteiger partial charge is 0.370 e. The first-order valence-electron chi connectivity index (χ1n) is 5.94. The summed E-state index contributed by atoms with van der Waals surface area (Å²) < 4.78 is 0. The second-order valence-corrected chi connectivity index (χ2v) is 4.88. The highest BCUT2D eigenvalue weighted by Crippen LogP contribution is 2.22. The van der Waals surface area contributed by atoms with E-state index in [4.69, 9.17) is 0 Å². The molecular formula is C13H23N3. The molecule has 0 spiro atoms. The SMILES string of the molecule is CCNc1cc(C(C)(C)NC(C)C)ccn1. The Kier molecular flexibility index (Phi) is 4.30. The lowest BCUT2D eigenvalue weighted by Crippen LogP contribution is -2.41. The van der Waals surface area contributed by atoms with E-state index in [-0.39, 0.29) is 5.54 Å². The van der Waals surface area contributed by atoms with Gasteiger partial charge < -0.3 is 10.6 Å². The van der Waals surface area contributed by atoms with Gasteiger partial charge in [-0.3, -0.25) is 0 Å². The zero-order chi connectivity index (χ0) is 12.2. The predicted molar refractivity (Wildman–Crippen MR) is 69.7 cm³/mol. The first-order chi connectivity index (χ1) is 7.45. The van der Waals surface area contributed by atoms with Crippen LogP contribution in [0.2, 0.25) is 0 Å². The van der Waals surface area contributed by atoms with E-state index < -0.39 is 0 Å². The summed E-state index contributed by atoms with van der Waals surface area (Å²) in [4.78, 5) is 4.28. The first-order valence-corrected chi connectivity index (χ1v) is 5.94. The number of hydrogen-bond donors (Lipinski definition) is 2. The van der Waals surface area contributed by atoms with Gasteiger partial charge in [-0.2, -0.15) is 0 Å². The van der Waals surface area contributed by atoms with Gasteiger partial charge in [0.2, 0.25) is 0 Å². The van der Waals surface area contributed by atoms with E-state index >= 15 is 0 Å². The normalized spacial score (nSPS) is 11.9. The molecule has 16 heavy (non-hydrogen) atoms. The maximum atomic E-state index is 4.28. The quantitative estimate of drug-likeness (QED) is 0.802. The molecule has 0 saturated heterocycles. The van der Waals surface area contributed by atoms with Crippen LogP contribution in [0.1, 0.15) is 40.2 Å². The van der Waals surface area contributed by atoms with Crippen molar-refractivity contribution >= 4 is 5.82 Å². The van der Waals surface area contributed by atoms with Crippen LogP contribution in [0.15, 0.2) is 18.3 Å². The van der Waals surface area contributed by atoms with Crippen LogP contribution in [0, 0.1) is 0 Å². The zero-order valence-electron chi connectivity index (χ0n) is 11.0. The second kappa shape index (κ2) is 5.30. The molecule has 0 bridgehead atoms. The first kappa shape index (κ1) is 13.0. The molecule has 0 aliphatic carbocycles. The minimum absolute atomic E-state index is 0.0265. The van der Waals surface area contributed by atoms with Crippen LogP contribution in [-0.2, 0) is 5.54 Å². The van der Waals surface area contributed by atoms with Crippen LogP contribution < -0.4 is 10.6 Å². The van der Waals surface area contributed by atoms with Gasteiger partial charge in [-0.15, -0.1) is 0 Å².